The third-order valence-electron chi connectivity index (χ3n) is 3.72. The van der Waals surface area contributed by atoms with Gasteiger partial charge in [-0.15, -0.1) is 0 Å². The summed E-state index contributed by atoms with van der Waals surface area (Å²) < 4.78 is 6.18. The van der Waals surface area contributed by atoms with E-state index in [0.717, 1.165) is 5.56 Å². The van der Waals surface area contributed by atoms with E-state index >= 15 is 0 Å². The van der Waals surface area contributed by atoms with Gasteiger partial charge in [0.05, 0.1) is 18.7 Å². The van der Waals surface area contributed by atoms with Crippen molar-refractivity contribution in [1.82, 2.24) is 14.7 Å². The van der Waals surface area contributed by atoms with Crippen molar-refractivity contribution in [3.63, 3.8) is 0 Å². The summed E-state index contributed by atoms with van der Waals surface area (Å²) in [6.07, 6.45) is 0. The van der Waals surface area contributed by atoms with Crippen LogP contribution in [0.5, 0.6) is 0 Å². The number of anilines is 1. The average molecular weight is 326 g/mol. The van der Waals surface area contributed by atoms with Crippen molar-refractivity contribution in [2.75, 3.05) is 5.32 Å². The van der Waals surface area contributed by atoms with Gasteiger partial charge < -0.3 is 9.84 Å². The normalized spacial score (nSPS) is 10.8. The topological polar surface area (TPSA) is 92.9 Å². The Hall–Kier alpha value is -3.09. The van der Waals surface area contributed by atoms with Crippen molar-refractivity contribution in [3.05, 3.63) is 79.8 Å². The van der Waals surface area contributed by atoms with Crippen molar-refractivity contribution >= 4 is 5.82 Å². The van der Waals surface area contributed by atoms with Crippen molar-refractivity contribution in [1.29, 1.82) is 0 Å². The lowest BCUT2D eigenvalue weighted by atomic mass is 10.2. The maximum Gasteiger partial charge on any atom is 0.330 e. The third-order valence-corrected chi connectivity index (χ3v) is 3.72. The van der Waals surface area contributed by atoms with Gasteiger partial charge in [-0.05, 0) is 19.4 Å². The molecule has 0 aliphatic carbocycles. The predicted octanol–water partition coefficient (Wildman–Crippen LogP) is 1.80. The molecule has 0 saturated heterocycles. The Balaban J connectivity index is 1.85. The number of hydrogen-bond acceptors (Lipinski definition) is 5. The number of nitrogens with zero attached hydrogens (tertiary/aromatic N) is 2. The summed E-state index contributed by atoms with van der Waals surface area (Å²) in [5.74, 6) is 1.10. The first-order valence-electron chi connectivity index (χ1n) is 7.58. The van der Waals surface area contributed by atoms with Crippen LogP contribution in [0, 0.1) is 13.8 Å². The zero-order valence-corrected chi connectivity index (χ0v) is 13.5. The molecule has 0 bridgehead atoms. The van der Waals surface area contributed by atoms with Crippen LogP contribution in [0.1, 0.15) is 22.6 Å². The van der Waals surface area contributed by atoms with Crippen LogP contribution in [0.4, 0.5) is 5.82 Å². The summed E-state index contributed by atoms with van der Waals surface area (Å²) >= 11 is 0. The molecule has 2 N–H and O–H groups in total. The first-order valence-corrected chi connectivity index (χ1v) is 7.58. The van der Waals surface area contributed by atoms with E-state index in [1.807, 2.05) is 30.3 Å². The molecule has 24 heavy (non-hydrogen) atoms. The van der Waals surface area contributed by atoms with Gasteiger partial charge in [-0.2, -0.15) is 0 Å². The molecule has 7 nitrogen and oxygen atoms in total. The van der Waals surface area contributed by atoms with Crippen molar-refractivity contribution in [2.24, 2.45) is 0 Å². The Bertz CT molecular complexity index is 954. The standard InChI is InChI=1S/C17H18N4O3/c1-11-8-14(20-24-11)9-18-15-12(2)16(22)21(17(23)19-15)10-13-6-4-3-5-7-13/h3-8,18H,9-10H2,1-2H3,(H,19,23). The molecule has 2 heterocycles. The number of aromatic amines is 1. The number of hydrogen-bond donors (Lipinski definition) is 2. The van der Waals surface area contributed by atoms with Crippen molar-refractivity contribution < 1.29 is 4.52 Å². The zero-order valence-electron chi connectivity index (χ0n) is 13.5. The van der Waals surface area contributed by atoms with Gasteiger partial charge in [-0.1, -0.05) is 35.5 Å². The summed E-state index contributed by atoms with van der Waals surface area (Å²) in [4.78, 5) is 27.5. The van der Waals surface area contributed by atoms with E-state index in [2.05, 4.69) is 15.5 Å². The van der Waals surface area contributed by atoms with Crippen LogP contribution in [0.3, 0.4) is 0 Å². The highest BCUT2D eigenvalue weighted by molar-refractivity contribution is 5.41. The summed E-state index contributed by atoms with van der Waals surface area (Å²) in [5.41, 5.74) is 1.27. The van der Waals surface area contributed by atoms with Gasteiger partial charge in [-0.25, -0.2) is 4.79 Å². The Kier molecular flexibility index (Phi) is 4.33. The monoisotopic (exact) mass is 326 g/mol. The van der Waals surface area contributed by atoms with Crippen LogP contribution in [0.25, 0.3) is 0 Å². The van der Waals surface area contributed by atoms with E-state index in [9.17, 15) is 9.59 Å². The van der Waals surface area contributed by atoms with Crippen molar-refractivity contribution in [3.8, 4) is 0 Å². The van der Waals surface area contributed by atoms with E-state index in [4.69, 9.17) is 4.52 Å². The van der Waals surface area contributed by atoms with E-state index in [0.29, 0.717) is 29.4 Å². The number of benzene rings is 1. The Morgan fingerprint density at radius 3 is 2.62 bits per heavy atom. The summed E-state index contributed by atoms with van der Waals surface area (Å²) in [6, 6.07) is 11.2. The molecule has 0 saturated carbocycles. The van der Waals surface area contributed by atoms with E-state index in [1.165, 1.54) is 4.57 Å². The van der Waals surface area contributed by atoms with Crippen LogP contribution in [0.2, 0.25) is 0 Å². The zero-order chi connectivity index (χ0) is 17.1. The lowest BCUT2D eigenvalue weighted by Crippen LogP contribution is -2.37. The molecule has 0 fully saturated rings. The van der Waals surface area contributed by atoms with Crippen LogP contribution in [-0.4, -0.2) is 14.7 Å². The number of aromatic nitrogens is 3. The van der Waals surface area contributed by atoms with E-state index in [1.54, 1.807) is 19.9 Å². The number of nitrogens with one attached hydrogen (secondary N) is 2. The third kappa shape index (κ3) is 3.29. The summed E-state index contributed by atoms with van der Waals surface area (Å²) in [5, 5.41) is 6.89. The molecule has 1 aromatic carbocycles. The van der Waals surface area contributed by atoms with E-state index in [-0.39, 0.29) is 12.1 Å². The summed E-state index contributed by atoms with van der Waals surface area (Å²) in [6.45, 7) is 4.07. The average Bonchev–Trinajstić information content (AvgIpc) is 3.00. The van der Waals surface area contributed by atoms with Crippen LogP contribution >= 0.6 is 0 Å². The fourth-order valence-electron chi connectivity index (χ4n) is 2.44. The SMILES string of the molecule is Cc1cc(CNc2[nH]c(=O)n(Cc3ccccc3)c(=O)c2C)no1. The minimum atomic E-state index is -0.451. The largest absolute Gasteiger partial charge is 0.365 e. The fraction of sp³-hybridized carbons (Fsp3) is 0.235. The van der Waals surface area contributed by atoms with Gasteiger partial charge in [0.25, 0.3) is 5.56 Å². The highest BCUT2D eigenvalue weighted by atomic mass is 16.5. The van der Waals surface area contributed by atoms with Crippen LogP contribution < -0.4 is 16.6 Å². The fourth-order valence-corrected chi connectivity index (χ4v) is 2.44. The smallest absolute Gasteiger partial charge is 0.330 e. The molecule has 0 amide bonds. The molecule has 0 aliphatic heterocycles. The molecule has 2 aromatic heterocycles. The molecule has 3 aromatic rings. The second-order valence-electron chi connectivity index (χ2n) is 5.59. The van der Waals surface area contributed by atoms with Gasteiger partial charge in [0.1, 0.15) is 17.3 Å². The first-order chi connectivity index (χ1) is 11.5. The molecule has 3 rings (SSSR count). The number of rotatable bonds is 5. The molecule has 0 atom stereocenters. The second-order valence-corrected chi connectivity index (χ2v) is 5.59. The summed E-state index contributed by atoms with van der Waals surface area (Å²) in [7, 11) is 0. The second kappa shape index (κ2) is 6.57. The van der Waals surface area contributed by atoms with Crippen LogP contribution in [-0.2, 0) is 13.1 Å². The highest BCUT2D eigenvalue weighted by Crippen LogP contribution is 2.08. The minimum absolute atomic E-state index is 0.235. The lowest BCUT2D eigenvalue weighted by Gasteiger charge is -2.11. The maximum absolute atomic E-state index is 12.5. The molecule has 124 valence electrons. The Morgan fingerprint density at radius 1 is 1.21 bits per heavy atom. The lowest BCUT2D eigenvalue weighted by molar-refractivity contribution is 0.391. The van der Waals surface area contributed by atoms with Gasteiger partial charge in [0, 0.05) is 6.07 Å². The number of H-pyrrole nitrogens is 1. The maximum atomic E-state index is 12.5. The quantitative estimate of drug-likeness (QED) is 0.746. The molecule has 0 aliphatic rings. The van der Waals surface area contributed by atoms with Gasteiger partial charge >= 0.3 is 5.69 Å². The highest BCUT2D eigenvalue weighted by Gasteiger charge is 2.11. The number of aryl methyl sites for hydroxylation is 1. The Morgan fingerprint density at radius 2 is 1.96 bits per heavy atom. The van der Waals surface area contributed by atoms with Crippen LogP contribution in [0.15, 0.2) is 50.5 Å². The van der Waals surface area contributed by atoms with Gasteiger partial charge in [0.2, 0.25) is 0 Å². The molecule has 0 spiro atoms. The molecule has 0 unspecified atom stereocenters. The van der Waals surface area contributed by atoms with Gasteiger partial charge in [-0.3, -0.25) is 14.3 Å². The van der Waals surface area contributed by atoms with E-state index < -0.39 is 5.69 Å². The molecular formula is C17H18N4O3. The molecular weight excluding hydrogens is 308 g/mol. The minimum Gasteiger partial charge on any atom is -0.365 e. The first kappa shape index (κ1) is 15.8. The van der Waals surface area contributed by atoms with Crippen molar-refractivity contribution in [2.45, 2.75) is 26.9 Å². The molecule has 7 heteroatoms. The Labute approximate surface area is 137 Å². The van der Waals surface area contributed by atoms with Gasteiger partial charge in [0.15, 0.2) is 0 Å². The molecule has 0 radical (unpaired) electrons. The predicted molar refractivity (Wildman–Crippen MR) is 90.2 cm³/mol.